The number of rotatable bonds is 8. The van der Waals surface area contributed by atoms with Crippen molar-refractivity contribution in [3.63, 3.8) is 0 Å². The highest BCUT2D eigenvalue weighted by atomic mass is 79.9. The minimum atomic E-state index is -0.635. The van der Waals surface area contributed by atoms with Gasteiger partial charge in [0, 0.05) is 83.5 Å². The van der Waals surface area contributed by atoms with Crippen LogP contribution in [0.25, 0.3) is 0 Å². The molecule has 4 heterocycles. The quantitative estimate of drug-likeness (QED) is 0.348. The molecule has 12 heteroatoms. The molecule has 0 saturated carbocycles. The highest BCUT2D eigenvalue weighted by Gasteiger charge is 2.29. The molecule has 3 saturated heterocycles. The van der Waals surface area contributed by atoms with Gasteiger partial charge in [-0.3, -0.25) is 24.6 Å². The highest BCUT2D eigenvalue weighted by Crippen LogP contribution is 2.30. The molecule has 11 nitrogen and oxygen atoms in total. The number of imide groups is 1. The van der Waals surface area contributed by atoms with Crippen molar-refractivity contribution in [3.05, 3.63) is 80.7 Å². The van der Waals surface area contributed by atoms with Crippen LogP contribution in [-0.2, 0) is 23.2 Å². The van der Waals surface area contributed by atoms with Crippen LogP contribution in [0, 0.1) is 0 Å². The number of benzene rings is 2. The Morgan fingerprint density at radius 3 is 2.56 bits per heavy atom. The molecule has 3 fully saturated rings. The Hall–Kier alpha value is -3.74. The number of piperidine rings is 2. The molecular formula is C33H40BrN7O4. The molecule has 1 aromatic heterocycles. The van der Waals surface area contributed by atoms with E-state index in [2.05, 4.69) is 83.7 Å². The summed E-state index contributed by atoms with van der Waals surface area (Å²) in [5.74, 6) is 0.430. The number of ether oxygens (including phenoxy) is 1. The molecular weight excluding hydrogens is 638 g/mol. The van der Waals surface area contributed by atoms with E-state index >= 15 is 0 Å². The van der Waals surface area contributed by atoms with Gasteiger partial charge in [0.2, 0.25) is 5.91 Å². The molecule has 0 bridgehead atoms. The molecule has 0 spiro atoms. The number of hydrogen-bond donors (Lipinski definition) is 2. The maximum absolute atomic E-state index is 12.3. The van der Waals surface area contributed by atoms with Crippen molar-refractivity contribution in [2.24, 2.45) is 7.05 Å². The zero-order valence-corrected chi connectivity index (χ0v) is 27.3. The second-order valence-electron chi connectivity index (χ2n) is 12.4. The number of carbonyl (C=O) groups excluding carboxylic acids is 2. The summed E-state index contributed by atoms with van der Waals surface area (Å²) in [5.41, 5.74) is 4.31. The van der Waals surface area contributed by atoms with Gasteiger partial charge < -0.3 is 19.9 Å². The fraction of sp³-hybridized carbons (Fsp3) is 0.455. The first-order chi connectivity index (χ1) is 21.7. The van der Waals surface area contributed by atoms with Crippen LogP contribution in [0.4, 0.5) is 11.4 Å². The van der Waals surface area contributed by atoms with Crippen molar-refractivity contribution in [2.75, 3.05) is 56.5 Å². The van der Waals surface area contributed by atoms with Gasteiger partial charge in [-0.2, -0.15) is 5.10 Å². The standard InChI is InChI=1S/C33H40BrN7O4/c1-38-20-24(16-25(21-38)36-28-18-35-39(2)33(44)31(28)34)23-8-6-22(7-9-23)19-40-12-14-41(15-13-40)26-4-3-5-27(17-26)45-29-10-11-30(42)37-32(29)43/h3-9,17-18,24-25,29,36H,10-16,19-21H2,1-2H3,(H,37,42,43)/t24-,25+,29?/m0/s1. The molecule has 3 atom stereocenters. The molecule has 238 valence electrons. The molecule has 0 radical (unpaired) electrons. The summed E-state index contributed by atoms with van der Waals surface area (Å²) >= 11 is 3.44. The number of carbonyl (C=O) groups is 2. The molecule has 0 aliphatic carbocycles. The number of anilines is 2. The molecule has 6 rings (SSSR count). The van der Waals surface area contributed by atoms with Crippen molar-refractivity contribution < 1.29 is 14.3 Å². The van der Waals surface area contributed by atoms with Gasteiger partial charge in [-0.1, -0.05) is 30.3 Å². The number of piperazine rings is 1. The number of nitrogens with zero attached hydrogens (tertiary/aromatic N) is 5. The van der Waals surface area contributed by atoms with E-state index in [0.717, 1.165) is 63.6 Å². The monoisotopic (exact) mass is 677 g/mol. The van der Waals surface area contributed by atoms with Crippen LogP contribution < -0.4 is 25.8 Å². The van der Waals surface area contributed by atoms with Gasteiger partial charge in [0.1, 0.15) is 10.2 Å². The molecule has 2 amide bonds. The topological polar surface area (TPSA) is 112 Å². The SMILES string of the molecule is CN1C[C@H](Nc2cnn(C)c(=O)c2Br)C[C@H](c2ccc(CN3CCN(c4cccc(OC5CCC(=O)NC5=O)c4)CC3)cc2)C1. The van der Waals surface area contributed by atoms with E-state index in [1.807, 2.05) is 18.2 Å². The van der Waals surface area contributed by atoms with Gasteiger partial charge in [-0.05, 0) is 58.6 Å². The van der Waals surface area contributed by atoms with Crippen LogP contribution >= 0.6 is 15.9 Å². The summed E-state index contributed by atoms with van der Waals surface area (Å²) in [4.78, 5) is 43.0. The lowest BCUT2D eigenvalue weighted by Crippen LogP contribution is -2.46. The third-order valence-corrected chi connectivity index (χ3v) is 9.72. The summed E-state index contributed by atoms with van der Waals surface area (Å²) in [5, 5.41) is 10.1. The molecule has 2 N–H and O–H groups in total. The van der Waals surface area contributed by atoms with Gasteiger partial charge in [0.05, 0.1) is 11.9 Å². The number of aromatic nitrogens is 2. The first-order valence-corrected chi connectivity index (χ1v) is 16.3. The largest absolute Gasteiger partial charge is 0.481 e. The predicted octanol–water partition coefficient (Wildman–Crippen LogP) is 2.95. The van der Waals surface area contributed by atoms with Crippen LogP contribution in [0.3, 0.4) is 0 Å². The van der Waals surface area contributed by atoms with E-state index < -0.39 is 6.10 Å². The first kappa shape index (κ1) is 31.3. The van der Waals surface area contributed by atoms with Crippen molar-refractivity contribution in [1.82, 2.24) is 24.9 Å². The average molecular weight is 679 g/mol. The van der Waals surface area contributed by atoms with E-state index in [1.165, 1.54) is 15.8 Å². The van der Waals surface area contributed by atoms with Crippen molar-refractivity contribution >= 4 is 39.1 Å². The number of amides is 2. The van der Waals surface area contributed by atoms with E-state index in [0.29, 0.717) is 29.0 Å². The van der Waals surface area contributed by atoms with E-state index in [1.54, 1.807) is 13.2 Å². The van der Waals surface area contributed by atoms with Crippen LogP contribution in [0.1, 0.15) is 36.3 Å². The zero-order chi connectivity index (χ0) is 31.5. The highest BCUT2D eigenvalue weighted by molar-refractivity contribution is 9.10. The minimum absolute atomic E-state index is 0.149. The number of aryl methyl sites for hydroxylation is 1. The maximum atomic E-state index is 12.3. The normalized spacial score (nSPS) is 23.1. The van der Waals surface area contributed by atoms with E-state index in [9.17, 15) is 14.4 Å². The Balaban J connectivity index is 1.00. The summed E-state index contributed by atoms with van der Waals surface area (Å²) in [7, 11) is 3.79. The molecule has 3 aliphatic heterocycles. The van der Waals surface area contributed by atoms with E-state index in [4.69, 9.17) is 4.74 Å². The van der Waals surface area contributed by atoms with Gasteiger partial charge >= 0.3 is 0 Å². The first-order valence-electron chi connectivity index (χ1n) is 15.6. The summed E-state index contributed by atoms with van der Waals surface area (Å²) in [6.07, 6.45) is 2.75. The zero-order valence-electron chi connectivity index (χ0n) is 25.7. The van der Waals surface area contributed by atoms with Crippen LogP contribution in [0.2, 0.25) is 0 Å². The molecule has 45 heavy (non-hydrogen) atoms. The van der Waals surface area contributed by atoms with Gasteiger partial charge in [0.15, 0.2) is 6.10 Å². The Labute approximate surface area is 271 Å². The third-order valence-electron chi connectivity index (χ3n) is 8.95. The number of halogens is 1. The van der Waals surface area contributed by atoms with Crippen molar-refractivity contribution in [1.29, 1.82) is 0 Å². The summed E-state index contributed by atoms with van der Waals surface area (Å²) in [6, 6.07) is 17.1. The number of likely N-dealkylation sites (tertiary alicyclic amines) is 1. The number of likely N-dealkylation sites (N-methyl/N-ethyl adjacent to an activating group) is 1. The Kier molecular flexibility index (Phi) is 9.53. The van der Waals surface area contributed by atoms with Crippen LogP contribution in [0.15, 0.2) is 64.0 Å². The predicted molar refractivity (Wildman–Crippen MR) is 177 cm³/mol. The lowest BCUT2D eigenvalue weighted by atomic mass is 9.87. The second-order valence-corrected chi connectivity index (χ2v) is 13.1. The minimum Gasteiger partial charge on any atom is -0.481 e. The lowest BCUT2D eigenvalue weighted by Gasteiger charge is -2.37. The fourth-order valence-corrected chi connectivity index (χ4v) is 6.99. The van der Waals surface area contributed by atoms with Gasteiger partial charge in [-0.15, -0.1) is 0 Å². The van der Waals surface area contributed by atoms with Crippen LogP contribution in [0.5, 0.6) is 5.75 Å². The molecule has 1 unspecified atom stereocenters. The number of nitrogens with one attached hydrogen (secondary N) is 2. The fourth-order valence-electron chi connectivity index (χ4n) is 6.52. The Bertz CT molecular complexity index is 1590. The number of hydrogen-bond acceptors (Lipinski definition) is 9. The van der Waals surface area contributed by atoms with Gasteiger partial charge in [-0.25, -0.2) is 4.68 Å². The summed E-state index contributed by atoms with van der Waals surface area (Å²) < 4.78 is 7.77. The van der Waals surface area contributed by atoms with Crippen molar-refractivity contribution in [2.45, 2.75) is 43.9 Å². The summed E-state index contributed by atoms with van der Waals surface area (Å²) in [6.45, 7) is 6.52. The second kappa shape index (κ2) is 13.7. The average Bonchev–Trinajstić information content (AvgIpc) is 3.03. The van der Waals surface area contributed by atoms with Gasteiger partial charge in [0.25, 0.3) is 11.5 Å². The molecule has 2 aromatic carbocycles. The van der Waals surface area contributed by atoms with Crippen LogP contribution in [-0.4, -0.2) is 89.9 Å². The smallest absolute Gasteiger partial charge is 0.282 e. The van der Waals surface area contributed by atoms with E-state index in [-0.39, 0.29) is 23.4 Å². The third kappa shape index (κ3) is 7.57. The maximum Gasteiger partial charge on any atom is 0.282 e. The van der Waals surface area contributed by atoms with Crippen molar-refractivity contribution in [3.8, 4) is 5.75 Å². The molecule has 3 aliphatic rings. The Morgan fingerprint density at radius 1 is 1.02 bits per heavy atom. The Morgan fingerprint density at radius 2 is 1.80 bits per heavy atom. The lowest BCUT2D eigenvalue weighted by molar-refractivity contribution is -0.138. The molecule has 3 aromatic rings.